The largest absolute Gasteiger partial charge is 0.490 e. The summed E-state index contributed by atoms with van der Waals surface area (Å²) < 4.78 is 122. The number of aliphatic carboxylic acids is 2. The van der Waals surface area contributed by atoms with Crippen LogP contribution in [-0.2, 0) is 46.3 Å². The number of carbonyl (C=O) groups excluding carboxylic acids is 6. The molecule has 20 nitrogen and oxygen atoms in total. The molecular formula is C45H55F9N8O12. The molecule has 4 saturated heterocycles. The molecule has 410 valence electrons. The number of ether oxygens (including phenoxy) is 2. The van der Waals surface area contributed by atoms with Crippen LogP contribution >= 0.6 is 0 Å². The number of carbonyl (C=O) groups is 8. The number of carboxylic acid groups (broad SMARTS) is 2. The first kappa shape index (κ1) is 61.0. The van der Waals surface area contributed by atoms with Gasteiger partial charge in [0.15, 0.2) is 23.3 Å². The predicted octanol–water partition coefficient (Wildman–Crippen LogP) is 3.91. The molecule has 0 bridgehead atoms. The van der Waals surface area contributed by atoms with Crippen LogP contribution in [0, 0.1) is 46.7 Å². The standard InChI is InChI=1S/C22H29F3N4O4.C17H21F3N4O2.C4H4O4.C2HF3O2/c1-22(2,3)33-21(32)27-14(6-13-7-16(24)17(25)9-15(13)23)8-19(30)29-5-4-12-10-28(20(26)31)11-18(12)29;18-12-6-14(20)13(19)4-10(12)3-11(21)5-16(25)24-2-1-9-7-23(17(22)26)8-15(9)24;5-3-8-2-1-4(6)7;3-2(4,5)1(6)7/h7,9,12,14,18H,4-6,8,10-11H2,1-3H3,(H2,26,31)(H,27,32);4,6,9,11,15H,1-3,5,7-8,21H2,(H2,22,26);1-3H,(H,6,7);(H,6,7)/b;;2-1+;/t12-,14+,18+;9-,11+,15+;;/m00../s1. The Morgan fingerprint density at radius 1 is 0.703 bits per heavy atom. The van der Waals surface area contributed by atoms with Gasteiger partial charge >= 0.3 is 36.3 Å². The molecule has 0 aromatic heterocycles. The van der Waals surface area contributed by atoms with E-state index in [2.05, 4.69) is 10.1 Å². The highest BCUT2D eigenvalue weighted by Gasteiger charge is 2.46. The van der Waals surface area contributed by atoms with Gasteiger partial charge in [-0.3, -0.25) is 14.4 Å². The molecule has 0 radical (unpaired) electrons. The maximum atomic E-state index is 14.2. The smallest absolute Gasteiger partial charge is 0.478 e. The normalized spacial score (nSPS) is 19.6. The van der Waals surface area contributed by atoms with Crippen LogP contribution in [0.25, 0.3) is 0 Å². The van der Waals surface area contributed by atoms with Gasteiger partial charge in [-0.25, -0.2) is 50.3 Å². The summed E-state index contributed by atoms with van der Waals surface area (Å²) in [5, 5.41) is 17.5. The zero-order valence-electron chi connectivity index (χ0n) is 39.9. The van der Waals surface area contributed by atoms with E-state index in [1.54, 1.807) is 30.6 Å². The number of urea groups is 2. The Bertz CT molecular complexity index is 2410. The lowest BCUT2D eigenvalue weighted by molar-refractivity contribution is -0.192. The van der Waals surface area contributed by atoms with Crippen molar-refractivity contribution in [2.75, 3.05) is 39.3 Å². The minimum atomic E-state index is -5.08. The van der Waals surface area contributed by atoms with E-state index in [1.165, 1.54) is 9.80 Å². The summed E-state index contributed by atoms with van der Waals surface area (Å²) in [7, 11) is 0. The fraction of sp³-hybridized carbons (Fsp3) is 0.511. The Morgan fingerprint density at radius 2 is 1.12 bits per heavy atom. The number of alkyl halides is 3. The van der Waals surface area contributed by atoms with Crippen LogP contribution in [0.4, 0.5) is 53.9 Å². The first-order chi connectivity index (χ1) is 34.3. The molecule has 4 heterocycles. The number of rotatable bonds is 12. The third-order valence-electron chi connectivity index (χ3n) is 11.7. The highest BCUT2D eigenvalue weighted by Crippen LogP contribution is 2.33. The minimum Gasteiger partial charge on any atom is -0.478 e. The highest BCUT2D eigenvalue weighted by molar-refractivity contribution is 5.80. The van der Waals surface area contributed by atoms with E-state index in [1.807, 2.05) is 0 Å². The fourth-order valence-electron chi connectivity index (χ4n) is 8.41. The average Bonchev–Trinajstić information content (AvgIpc) is 4.07. The van der Waals surface area contributed by atoms with Gasteiger partial charge in [0.1, 0.15) is 23.5 Å². The van der Waals surface area contributed by atoms with E-state index >= 15 is 0 Å². The van der Waals surface area contributed by atoms with Crippen LogP contribution < -0.4 is 22.5 Å². The van der Waals surface area contributed by atoms with Gasteiger partial charge in [0.05, 0.1) is 18.2 Å². The molecule has 9 N–H and O–H groups in total. The molecule has 0 aliphatic carbocycles. The molecule has 4 aliphatic rings. The molecular weight excluding hydrogens is 1020 g/mol. The second-order valence-electron chi connectivity index (χ2n) is 18.2. The number of benzene rings is 2. The molecule has 2 aromatic rings. The van der Waals surface area contributed by atoms with Gasteiger partial charge in [-0.2, -0.15) is 13.2 Å². The molecule has 4 aliphatic heterocycles. The number of likely N-dealkylation sites (tertiary alicyclic amines) is 4. The number of nitrogens with two attached hydrogens (primary N) is 3. The fourth-order valence-corrected chi connectivity index (χ4v) is 8.41. The van der Waals surface area contributed by atoms with E-state index in [9.17, 15) is 73.1 Å². The van der Waals surface area contributed by atoms with Gasteiger partial charge in [0.2, 0.25) is 11.8 Å². The summed E-state index contributed by atoms with van der Waals surface area (Å²) >= 11 is 0. The molecule has 4 fully saturated rings. The van der Waals surface area contributed by atoms with Gasteiger partial charge < -0.3 is 61.8 Å². The average molecular weight is 1070 g/mol. The number of carboxylic acids is 2. The van der Waals surface area contributed by atoms with Gasteiger partial charge in [0.25, 0.3) is 6.47 Å². The van der Waals surface area contributed by atoms with Crippen molar-refractivity contribution in [3.05, 3.63) is 82.6 Å². The number of alkyl carbamates (subject to hydrolysis) is 1. The molecule has 0 spiro atoms. The van der Waals surface area contributed by atoms with E-state index in [0.29, 0.717) is 70.0 Å². The van der Waals surface area contributed by atoms with Crippen LogP contribution in [0.15, 0.2) is 36.6 Å². The lowest BCUT2D eigenvalue weighted by atomic mass is 10.0. The van der Waals surface area contributed by atoms with Crippen molar-refractivity contribution in [1.82, 2.24) is 24.9 Å². The summed E-state index contributed by atoms with van der Waals surface area (Å²) in [6.07, 6.45) is -3.48. The third kappa shape index (κ3) is 18.6. The van der Waals surface area contributed by atoms with Crippen LogP contribution in [0.1, 0.15) is 57.6 Å². The van der Waals surface area contributed by atoms with Crippen molar-refractivity contribution in [3.63, 3.8) is 0 Å². The number of nitrogens with one attached hydrogen (secondary N) is 1. The molecule has 29 heteroatoms. The van der Waals surface area contributed by atoms with Gasteiger partial charge in [-0.05, 0) is 69.7 Å². The van der Waals surface area contributed by atoms with Gasteiger partial charge in [-0.1, -0.05) is 0 Å². The summed E-state index contributed by atoms with van der Waals surface area (Å²) in [6.45, 7) is 7.93. The van der Waals surface area contributed by atoms with E-state index < -0.39 is 88.9 Å². The van der Waals surface area contributed by atoms with Gasteiger partial charge in [0, 0.05) is 88.2 Å². The Morgan fingerprint density at radius 3 is 1.51 bits per heavy atom. The van der Waals surface area contributed by atoms with Crippen molar-refractivity contribution in [2.24, 2.45) is 29.0 Å². The monoisotopic (exact) mass is 1070 g/mol. The lowest BCUT2D eigenvalue weighted by Crippen LogP contribution is -2.46. The molecule has 7 amide bonds. The Labute approximate surface area is 416 Å². The van der Waals surface area contributed by atoms with E-state index in [-0.39, 0.29) is 79.0 Å². The Kier molecular flexibility index (Phi) is 21.9. The minimum absolute atomic E-state index is 0.0434. The van der Waals surface area contributed by atoms with Crippen molar-refractivity contribution < 1.29 is 97.6 Å². The number of hydrogen-bond acceptors (Lipinski definition) is 11. The number of primary amides is 2. The van der Waals surface area contributed by atoms with Crippen LogP contribution in [0.3, 0.4) is 0 Å². The molecule has 6 rings (SSSR count). The van der Waals surface area contributed by atoms with E-state index in [4.69, 9.17) is 36.9 Å². The van der Waals surface area contributed by atoms with Gasteiger partial charge in [-0.15, -0.1) is 0 Å². The number of fused-ring (bicyclic) bond motifs is 2. The summed E-state index contributed by atoms with van der Waals surface area (Å²) in [4.78, 5) is 94.9. The van der Waals surface area contributed by atoms with Crippen molar-refractivity contribution in [2.45, 2.75) is 95.2 Å². The van der Waals surface area contributed by atoms with Crippen LogP contribution in [-0.4, -0.2) is 153 Å². The maximum absolute atomic E-state index is 14.2. The number of halogens is 9. The molecule has 74 heavy (non-hydrogen) atoms. The Balaban J connectivity index is 0.000000310. The quantitative estimate of drug-likeness (QED) is 0.0579. The summed E-state index contributed by atoms with van der Waals surface area (Å²) in [6, 6.07) is -0.592. The summed E-state index contributed by atoms with van der Waals surface area (Å²) in [5.41, 5.74) is 15.5. The molecule has 0 saturated carbocycles. The third-order valence-corrected chi connectivity index (χ3v) is 11.7. The maximum Gasteiger partial charge on any atom is 0.490 e. The number of nitrogens with zero attached hydrogens (tertiary/aromatic N) is 4. The van der Waals surface area contributed by atoms with Crippen LogP contribution in [0.5, 0.6) is 0 Å². The van der Waals surface area contributed by atoms with Crippen molar-refractivity contribution in [1.29, 1.82) is 0 Å². The second-order valence-corrected chi connectivity index (χ2v) is 18.2. The second kappa shape index (κ2) is 26.6. The van der Waals surface area contributed by atoms with Crippen molar-refractivity contribution >= 4 is 48.4 Å². The number of hydrogen-bond donors (Lipinski definition) is 6. The number of amides is 7. The molecule has 0 unspecified atom stereocenters. The first-order valence-electron chi connectivity index (χ1n) is 22.3. The van der Waals surface area contributed by atoms with E-state index in [0.717, 1.165) is 18.7 Å². The summed E-state index contributed by atoms with van der Waals surface area (Å²) in [5.74, 6) is -10.9. The zero-order chi connectivity index (χ0) is 56.0. The lowest BCUT2D eigenvalue weighted by Gasteiger charge is -2.28. The Hall–Kier alpha value is -7.33. The highest BCUT2D eigenvalue weighted by atomic mass is 19.4. The topological polar surface area (TPSA) is 299 Å². The zero-order valence-corrected chi connectivity index (χ0v) is 39.9. The SMILES string of the molecule is CC(C)(C)OC(=O)N[C@@H](CC(=O)N1CC[C@H]2CN(C(N)=O)C[C@H]21)Cc1cc(F)c(F)cc1F.NC(=O)N1C[C@@H]2CCN(C(=O)C[C@H](N)Cc3cc(F)c(F)cc3F)[C@@H]2C1.O=C(O)C(F)(F)F.O=CO/C=C/C(=O)O. The molecule has 6 atom stereocenters. The van der Waals surface area contributed by atoms with Crippen molar-refractivity contribution in [3.8, 4) is 0 Å². The van der Waals surface area contributed by atoms with Crippen LogP contribution in [0.2, 0.25) is 0 Å². The first-order valence-corrected chi connectivity index (χ1v) is 22.3. The predicted molar refractivity (Wildman–Crippen MR) is 238 cm³/mol. The molecule has 2 aromatic carbocycles.